The Labute approximate surface area is 201 Å². The highest BCUT2D eigenvalue weighted by Crippen LogP contribution is 2.35. The van der Waals surface area contributed by atoms with E-state index in [1.165, 1.54) is 40.8 Å². The Kier molecular flexibility index (Phi) is 9.93. The monoisotopic (exact) mass is 491 g/mol. The fourth-order valence-corrected chi connectivity index (χ4v) is 3.95. The number of carboxylic acid groups (broad SMARTS) is 1. The van der Waals surface area contributed by atoms with Crippen molar-refractivity contribution in [3.8, 4) is 23.0 Å². The number of hydrogen-bond donors (Lipinski definition) is 2. The molecule has 1 amide bonds. The minimum Gasteiger partial charge on any atom is -0.496 e. The standard InChI is InChI=1S/C24H29NO8S/c1-15(24(27)28)10-23(26)25-19-11-16(6-7-20(19)31-3)14-34(29)9-8-18-21(32-4)12-17(30-2)13-22(18)33-5/h6-9,11-13,15H,10,14H2,1-5H3,(H,25,26)(H,27,28)/b9-8+. The van der Waals surface area contributed by atoms with Crippen molar-refractivity contribution in [3.63, 3.8) is 0 Å². The fraction of sp³-hybridized carbons (Fsp3) is 0.333. The van der Waals surface area contributed by atoms with E-state index in [9.17, 15) is 13.8 Å². The molecule has 0 aliphatic heterocycles. The summed E-state index contributed by atoms with van der Waals surface area (Å²) in [5.41, 5.74) is 1.69. The predicted octanol–water partition coefficient (Wildman–Crippen LogP) is 3.69. The molecule has 9 nitrogen and oxygen atoms in total. The van der Waals surface area contributed by atoms with E-state index >= 15 is 0 Å². The van der Waals surface area contributed by atoms with E-state index in [4.69, 9.17) is 24.1 Å². The van der Waals surface area contributed by atoms with Gasteiger partial charge >= 0.3 is 5.97 Å². The molecular formula is C24H29NO8S. The van der Waals surface area contributed by atoms with Crippen molar-refractivity contribution in [2.75, 3.05) is 33.8 Å². The van der Waals surface area contributed by atoms with Crippen molar-refractivity contribution in [1.29, 1.82) is 0 Å². The van der Waals surface area contributed by atoms with Crippen LogP contribution < -0.4 is 24.3 Å². The molecule has 2 rings (SSSR count). The maximum Gasteiger partial charge on any atom is 0.306 e. The van der Waals surface area contributed by atoms with E-state index in [-0.39, 0.29) is 12.2 Å². The Morgan fingerprint density at radius 1 is 1.00 bits per heavy atom. The van der Waals surface area contributed by atoms with Gasteiger partial charge in [-0.25, -0.2) is 0 Å². The summed E-state index contributed by atoms with van der Waals surface area (Å²) < 4.78 is 34.1. The molecule has 0 saturated heterocycles. The normalized spacial score (nSPS) is 12.6. The highest BCUT2D eigenvalue weighted by molar-refractivity contribution is 7.87. The first kappa shape index (κ1) is 26.7. The molecule has 0 bridgehead atoms. The number of nitrogens with one attached hydrogen (secondary N) is 1. The van der Waals surface area contributed by atoms with Gasteiger partial charge in [0.15, 0.2) is 0 Å². The van der Waals surface area contributed by atoms with E-state index in [1.54, 1.807) is 36.4 Å². The van der Waals surface area contributed by atoms with Gasteiger partial charge in [-0.1, -0.05) is 13.0 Å². The zero-order chi connectivity index (χ0) is 25.3. The summed E-state index contributed by atoms with van der Waals surface area (Å²) in [6, 6.07) is 8.46. The second kappa shape index (κ2) is 12.6. The molecule has 0 fully saturated rings. The lowest BCUT2D eigenvalue weighted by atomic mass is 10.1. The van der Waals surface area contributed by atoms with Crippen LogP contribution in [0.4, 0.5) is 5.69 Å². The van der Waals surface area contributed by atoms with Crippen molar-refractivity contribution < 1.29 is 37.9 Å². The number of ether oxygens (including phenoxy) is 4. The summed E-state index contributed by atoms with van der Waals surface area (Å²) in [7, 11) is 4.64. The molecule has 2 atom stereocenters. The molecule has 0 aliphatic rings. The van der Waals surface area contributed by atoms with Gasteiger partial charge in [-0.05, 0) is 23.8 Å². The Morgan fingerprint density at radius 3 is 2.15 bits per heavy atom. The van der Waals surface area contributed by atoms with E-state index in [2.05, 4.69) is 5.32 Å². The molecule has 2 aromatic rings. The molecule has 2 aromatic carbocycles. The van der Waals surface area contributed by atoms with Crippen LogP contribution in [0, 0.1) is 5.92 Å². The zero-order valence-corrected chi connectivity index (χ0v) is 20.6. The number of carbonyl (C=O) groups is 2. The first-order valence-corrected chi connectivity index (χ1v) is 11.7. The molecule has 0 heterocycles. The van der Waals surface area contributed by atoms with Gasteiger partial charge in [0, 0.05) is 24.0 Å². The van der Waals surface area contributed by atoms with Crippen molar-refractivity contribution in [2.45, 2.75) is 19.1 Å². The number of benzene rings is 2. The third-order valence-electron chi connectivity index (χ3n) is 4.90. The van der Waals surface area contributed by atoms with E-state index in [0.29, 0.717) is 39.8 Å². The highest BCUT2D eigenvalue weighted by atomic mass is 32.2. The quantitative estimate of drug-likeness (QED) is 0.461. The average Bonchev–Trinajstić information content (AvgIpc) is 2.82. The summed E-state index contributed by atoms with van der Waals surface area (Å²) in [6.45, 7) is 1.46. The number of rotatable bonds is 12. The SMILES string of the molecule is COc1cc(OC)c(/C=C/S(=O)Cc2ccc(OC)c(NC(=O)CC(C)C(=O)O)c2)c(OC)c1. The van der Waals surface area contributed by atoms with Gasteiger partial charge in [-0.2, -0.15) is 0 Å². The summed E-state index contributed by atoms with van der Waals surface area (Å²) in [5.74, 6) is -0.155. The molecule has 0 saturated carbocycles. The topological polar surface area (TPSA) is 120 Å². The molecule has 184 valence electrons. The van der Waals surface area contributed by atoms with Crippen molar-refractivity contribution in [1.82, 2.24) is 0 Å². The molecule has 10 heteroatoms. The maximum absolute atomic E-state index is 12.8. The van der Waals surface area contributed by atoms with Gasteiger partial charge in [-0.15, -0.1) is 0 Å². The summed E-state index contributed by atoms with van der Waals surface area (Å²) >= 11 is 0. The van der Waals surface area contributed by atoms with Crippen LogP contribution in [-0.4, -0.2) is 49.6 Å². The Bertz CT molecular complexity index is 1060. The first-order chi connectivity index (χ1) is 16.2. The molecular weight excluding hydrogens is 462 g/mol. The van der Waals surface area contributed by atoms with Gasteiger partial charge in [0.1, 0.15) is 23.0 Å². The van der Waals surface area contributed by atoms with Crippen LogP contribution >= 0.6 is 0 Å². The van der Waals surface area contributed by atoms with Gasteiger partial charge in [-0.3, -0.25) is 13.8 Å². The number of amides is 1. The lowest BCUT2D eigenvalue weighted by molar-refractivity contribution is -0.142. The fourth-order valence-electron chi connectivity index (χ4n) is 3.06. The third-order valence-corrected chi connectivity index (χ3v) is 5.96. The Balaban J connectivity index is 2.19. The largest absolute Gasteiger partial charge is 0.496 e. The smallest absolute Gasteiger partial charge is 0.306 e. The van der Waals surface area contributed by atoms with Crippen LogP contribution in [0.1, 0.15) is 24.5 Å². The Morgan fingerprint density at radius 2 is 1.62 bits per heavy atom. The van der Waals surface area contributed by atoms with Crippen molar-refractivity contribution >= 4 is 34.4 Å². The lowest BCUT2D eigenvalue weighted by Gasteiger charge is -2.13. The Hall–Kier alpha value is -3.53. The molecule has 34 heavy (non-hydrogen) atoms. The molecule has 0 spiro atoms. The summed E-state index contributed by atoms with van der Waals surface area (Å²) in [6.07, 6.45) is 1.48. The number of hydrogen-bond acceptors (Lipinski definition) is 7. The van der Waals surface area contributed by atoms with Crippen molar-refractivity contribution in [2.24, 2.45) is 5.92 Å². The van der Waals surface area contributed by atoms with Gasteiger partial charge in [0.25, 0.3) is 0 Å². The number of methoxy groups -OCH3 is 4. The number of carboxylic acids is 1. The molecule has 2 unspecified atom stereocenters. The number of aliphatic carboxylic acids is 1. The van der Waals surface area contributed by atoms with Gasteiger partial charge in [0.2, 0.25) is 5.91 Å². The first-order valence-electron chi connectivity index (χ1n) is 10.3. The summed E-state index contributed by atoms with van der Waals surface area (Å²) in [5, 5.41) is 13.2. The highest BCUT2D eigenvalue weighted by Gasteiger charge is 2.17. The molecule has 0 aromatic heterocycles. The molecule has 2 N–H and O–H groups in total. The van der Waals surface area contributed by atoms with Crippen LogP contribution in [0.25, 0.3) is 6.08 Å². The van der Waals surface area contributed by atoms with Crippen LogP contribution in [0.2, 0.25) is 0 Å². The predicted molar refractivity (Wildman–Crippen MR) is 130 cm³/mol. The number of carbonyl (C=O) groups excluding carboxylic acids is 1. The van der Waals surface area contributed by atoms with E-state index < -0.39 is 28.6 Å². The lowest BCUT2D eigenvalue weighted by Crippen LogP contribution is -2.20. The second-order valence-corrected chi connectivity index (χ2v) is 8.62. The third kappa shape index (κ3) is 7.24. The van der Waals surface area contributed by atoms with Gasteiger partial charge in [0.05, 0.1) is 62.2 Å². The zero-order valence-electron chi connectivity index (χ0n) is 19.7. The molecule has 0 aliphatic carbocycles. The van der Waals surface area contributed by atoms with E-state index in [1.807, 2.05) is 0 Å². The van der Waals surface area contributed by atoms with Crippen LogP contribution in [-0.2, 0) is 26.1 Å². The van der Waals surface area contributed by atoms with Crippen LogP contribution in [0.3, 0.4) is 0 Å². The van der Waals surface area contributed by atoms with E-state index in [0.717, 1.165) is 0 Å². The average molecular weight is 492 g/mol. The van der Waals surface area contributed by atoms with Crippen LogP contribution in [0.15, 0.2) is 35.7 Å². The summed E-state index contributed by atoms with van der Waals surface area (Å²) in [4.78, 5) is 23.2. The maximum atomic E-state index is 12.8. The van der Waals surface area contributed by atoms with Crippen LogP contribution in [0.5, 0.6) is 23.0 Å². The van der Waals surface area contributed by atoms with Crippen molar-refractivity contribution in [3.05, 3.63) is 46.9 Å². The van der Waals surface area contributed by atoms with Gasteiger partial charge < -0.3 is 29.4 Å². The second-order valence-electron chi connectivity index (χ2n) is 7.30. The minimum atomic E-state index is -1.40. The minimum absolute atomic E-state index is 0.176. The molecule has 0 radical (unpaired) electrons. The number of anilines is 1.